The summed E-state index contributed by atoms with van der Waals surface area (Å²) in [6, 6.07) is 8.36. The lowest BCUT2D eigenvalue weighted by atomic mass is 10.1. The van der Waals surface area contributed by atoms with E-state index in [1.165, 1.54) is 22.4 Å². The number of aryl methyl sites for hydroxylation is 2. The molecule has 0 bridgehead atoms. The van der Waals surface area contributed by atoms with Crippen LogP contribution in [0.3, 0.4) is 0 Å². The van der Waals surface area contributed by atoms with Crippen molar-refractivity contribution in [2.45, 2.75) is 20.3 Å². The lowest BCUT2D eigenvalue weighted by Crippen LogP contribution is -2.07. The van der Waals surface area contributed by atoms with Gasteiger partial charge in [0.15, 0.2) is 0 Å². The van der Waals surface area contributed by atoms with Crippen LogP contribution in [0.5, 0.6) is 0 Å². The number of pyridine rings is 1. The quantitative estimate of drug-likeness (QED) is 0.919. The Morgan fingerprint density at radius 2 is 1.94 bits per heavy atom. The summed E-state index contributed by atoms with van der Waals surface area (Å²) in [5.74, 6) is 0. The highest BCUT2D eigenvalue weighted by Crippen LogP contribution is 2.24. The Kier molecular flexibility index (Phi) is 4.37. The number of aromatic nitrogens is 1. The van der Waals surface area contributed by atoms with E-state index in [1.54, 1.807) is 6.20 Å². The van der Waals surface area contributed by atoms with Crippen LogP contribution in [0.4, 0.5) is 5.69 Å². The minimum Gasteiger partial charge on any atom is -0.384 e. The van der Waals surface area contributed by atoms with Gasteiger partial charge in [0.1, 0.15) is 0 Å². The Bertz CT molecular complexity index is 500. The van der Waals surface area contributed by atoms with Crippen molar-refractivity contribution in [1.82, 2.24) is 4.98 Å². The molecular weight excluding hydrogens is 288 g/mol. The second-order valence-electron chi connectivity index (χ2n) is 4.45. The van der Waals surface area contributed by atoms with Gasteiger partial charge in [-0.05, 0) is 55.2 Å². The molecule has 0 aliphatic heterocycles. The van der Waals surface area contributed by atoms with Crippen LogP contribution >= 0.6 is 15.9 Å². The molecule has 1 heterocycles. The Labute approximate surface area is 117 Å². The maximum absolute atomic E-state index is 4.12. The van der Waals surface area contributed by atoms with Gasteiger partial charge in [-0.3, -0.25) is 4.98 Å². The van der Waals surface area contributed by atoms with Crippen LogP contribution in [0.1, 0.15) is 16.7 Å². The molecule has 2 aromatic rings. The van der Waals surface area contributed by atoms with Crippen LogP contribution in [0.2, 0.25) is 0 Å². The van der Waals surface area contributed by atoms with Crippen LogP contribution in [0, 0.1) is 13.8 Å². The Morgan fingerprint density at radius 3 is 2.56 bits per heavy atom. The van der Waals surface area contributed by atoms with Crippen molar-refractivity contribution in [2.24, 2.45) is 0 Å². The van der Waals surface area contributed by atoms with Crippen molar-refractivity contribution in [3.05, 3.63) is 57.8 Å². The normalized spacial score (nSPS) is 10.4. The van der Waals surface area contributed by atoms with Gasteiger partial charge in [0.2, 0.25) is 0 Å². The molecule has 3 heteroatoms. The molecule has 0 spiro atoms. The van der Waals surface area contributed by atoms with Crippen LogP contribution in [-0.4, -0.2) is 11.5 Å². The molecule has 0 radical (unpaired) electrons. The fourth-order valence-electron chi connectivity index (χ4n) is 2.07. The third-order valence-electron chi connectivity index (χ3n) is 2.94. The second kappa shape index (κ2) is 6.01. The van der Waals surface area contributed by atoms with E-state index in [-0.39, 0.29) is 0 Å². The molecule has 18 heavy (non-hydrogen) atoms. The summed E-state index contributed by atoms with van der Waals surface area (Å²) >= 11 is 3.52. The van der Waals surface area contributed by atoms with Gasteiger partial charge in [0, 0.05) is 29.1 Å². The number of nitrogens with zero attached hydrogens (tertiary/aromatic N) is 1. The summed E-state index contributed by atoms with van der Waals surface area (Å²) in [7, 11) is 0. The van der Waals surface area contributed by atoms with Gasteiger partial charge in [0.05, 0.1) is 0 Å². The molecule has 0 fully saturated rings. The van der Waals surface area contributed by atoms with Crippen molar-refractivity contribution < 1.29 is 0 Å². The predicted molar refractivity (Wildman–Crippen MR) is 80.0 cm³/mol. The summed E-state index contributed by atoms with van der Waals surface area (Å²) in [4.78, 5) is 4.12. The number of anilines is 1. The number of hydrogen-bond donors (Lipinski definition) is 1. The Morgan fingerprint density at radius 1 is 1.22 bits per heavy atom. The van der Waals surface area contributed by atoms with Gasteiger partial charge in [0.25, 0.3) is 0 Å². The molecule has 2 rings (SSSR count). The van der Waals surface area contributed by atoms with E-state index in [9.17, 15) is 0 Å². The number of hydrogen-bond acceptors (Lipinski definition) is 2. The zero-order chi connectivity index (χ0) is 13.0. The summed E-state index contributed by atoms with van der Waals surface area (Å²) in [6.07, 6.45) is 4.71. The molecule has 1 aromatic heterocycles. The average Bonchev–Trinajstić information content (AvgIpc) is 2.34. The summed E-state index contributed by atoms with van der Waals surface area (Å²) in [6.45, 7) is 5.18. The van der Waals surface area contributed by atoms with Crippen LogP contribution < -0.4 is 5.32 Å². The van der Waals surface area contributed by atoms with Gasteiger partial charge in [-0.15, -0.1) is 0 Å². The first-order chi connectivity index (χ1) is 8.66. The summed E-state index contributed by atoms with van der Waals surface area (Å²) in [5.41, 5.74) is 5.04. The number of nitrogens with one attached hydrogen (secondary N) is 1. The molecule has 1 aromatic carbocycles. The molecule has 2 nitrogen and oxygen atoms in total. The highest BCUT2D eigenvalue weighted by Gasteiger charge is 2.03. The maximum Gasteiger partial charge on any atom is 0.0400 e. The van der Waals surface area contributed by atoms with Crippen LogP contribution in [0.25, 0.3) is 0 Å². The van der Waals surface area contributed by atoms with Crippen molar-refractivity contribution in [1.29, 1.82) is 0 Å². The highest BCUT2D eigenvalue weighted by molar-refractivity contribution is 9.10. The van der Waals surface area contributed by atoms with E-state index in [1.807, 2.05) is 12.3 Å². The molecule has 0 aliphatic rings. The van der Waals surface area contributed by atoms with E-state index < -0.39 is 0 Å². The van der Waals surface area contributed by atoms with Crippen LogP contribution in [0.15, 0.2) is 41.1 Å². The van der Waals surface area contributed by atoms with Crippen molar-refractivity contribution >= 4 is 21.6 Å². The second-order valence-corrected chi connectivity index (χ2v) is 5.37. The van der Waals surface area contributed by atoms with E-state index in [2.05, 4.69) is 58.3 Å². The fourth-order valence-corrected chi connectivity index (χ4v) is 2.75. The SMILES string of the molecule is Cc1cc(Br)cc(C)c1NCCc1cccnc1. The molecule has 1 N–H and O–H groups in total. The molecule has 0 atom stereocenters. The number of benzene rings is 1. The summed E-state index contributed by atoms with van der Waals surface area (Å²) < 4.78 is 1.13. The average molecular weight is 305 g/mol. The first kappa shape index (κ1) is 13.1. The van der Waals surface area contributed by atoms with Crippen molar-refractivity contribution in [3.8, 4) is 0 Å². The van der Waals surface area contributed by atoms with Gasteiger partial charge < -0.3 is 5.32 Å². The van der Waals surface area contributed by atoms with Crippen LogP contribution in [-0.2, 0) is 6.42 Å². The highest BCUT2D eigenvalue weighted by atomic mass is 79.9. The smallest absolute Gasteiger partial charge is 0.0400 e. The van der Waals surface area contributed by atoms with Crippen molar-refractivity contribution in [2.75, 3.05) is 11.9 Å². The Balaban J connectivity index is 1.99. The maximum atomic E-state index is 4.12. The number of halogens is 1. The van der Waals surface area contributed by atoms with E-state index in [0.29, 0.717) is 0 Å². The van der Waals surface area contributed by atoms with Crippen molar-refractivity contribution in [3.63, 3.8) is 0 Å². The molecule has 0 saturated heterocycles. The summed E-state index contributed by atoms with van der Waals surface area (Å²) in [5, 5.41) is 3.51. The first-order valence-corrected chi connectivity index (χ1v) is 6.85. The molecule has 0 aliphatic carbocycles. The minimum atomic E-state index is 0.926. The molecule has 0 amide bonds. The first-order valence-electron chi connectivity index (χ1n) is 6.06. The molecule has 0 saturated carbocycles. The largest absolute Gasteiger partial charge is 0.384 e. The topological polar surface area (TPSA) is 24.9 Å². The molecular formula is C15H17BrN2. The zero-order valence-electron chi connectivity index (χ0n) is 10.7. The van der Waals surface area contributed by atoms with Gasteiger partial charge in [-0.2, -0.15) is 0 Å². The van der Waals surface area contributed by atoms with Gasteiger partial charge in [-0.1, -0.05) is 22.0 Å². The monoisotopic (exact) mass is 304 g/mol. The van der Waals surface area contributed by atoms with E-state index >= 15 is 0 Å². The lowest BCUT2D eigenvalue weighted by Gasteiger charge is -2.13. The zero-order valence-corrected chi connectivity index (χ0v) is 12.3. The van der Waals surface area contributed by atoms with Gasteiger partial charge >= 0.3 is 0 Å². The third kappa shape index (κ3) is 3.33. The molecule has 94 valence electrons. The minimum absolute atomic E-state index is 0.926. The fraction of sp³-hybridized carbons (Fsp3) is 0.267. The molecule has 0 unspecified atom stereocenters. The lowest BCUT2D eigenvalue weighted by molar-refractivity contribution is 0.999. The Hall–Kier alpha value is -1.35. The van der Waals surface area contributed by atoms with E-state index in [0.717, 1.165) is 17.4 Å². The predicted octanol–water partition coefficient (Wildman–Crippen LogP) is 4.12. The third-order valence-corrected chi connectivity index (χ3v) is 3.39. The van der Waals surface area contributed by atoms with E-state index in [4.69, 9.17) is 0 Å². The standard InChI is InChI=1S/C15H17BrN2/c1-11-8-14(16)9-12(2)15(11)18-7-5-13-4-3-6-17-10-13/h3-4,6,8-10,18H,5,7H2,1-2H3. The van der Waals surface area contributed by atoms with Gasteiger partial charge in [-0.25, -0.2) is 0 Å². The number of rotatable bonds is 4.